The number of benzene rings is 1. The minimum atomic E-state index is -0.941. The topological polar surface area (TPSA) is 66.6 Å². The second kappa shape index (κ2) is 5.57. The Labute approximate surface area is 102 Å². The maximum atomic E-state index is 11.2. The minimum Gasteiger partial charge on any atom is -0.478 e. The maximum Gasteiger partial charge on any atom is 0.337 e. The van der Waals surface area contributed by atoms with Gasteiger partial charge in [-0.25, -0.2) is 4.79 Å². The van der Waals surface area contributed by atoms with Crippen LogP contribution in [0.15, 0.2) is 18.2 Å². The van der Waals surface area contributed by atoms with Crippen molar-refractivity contribution in [3.63, 3.8) is 0 Å². The summed E-state index contributed by atoms with van der Waals surface area (Å²) in [6.07, 6.45) is 1.07. The Balaban J connectivity index is 3.00. The monoisotopic (exact) mass is 236 g/mol. The van der Waals surface area contributed by atoms with Crippen LogP contribution in [0, 0.1) is 5.92 Å². The third-order valence-electron chi connectivity index (χ3n) is 2.94. The van der Waals surface area contributed by atoms with Crippen LogP contribution >= 0.6 is 0 Å². The number of carboxylic acids is 1. The average Bonchev–Trinajstić information content (AvgIpc) is 2.28. The Hall–Kier alpha value is -1.71. The highest BCUT2D eigenvalue weighted by Gasteiger charge is 2.15. The molecule has 3 N–H and O–H groups in total. The van der Waals surface area contributed by atoms with Gasteiger partial charge in [0.2, 0.25) is 0 Å². The van der Waals surface area contributed by atoms with Crippen molar-refractivity contribution in [3.05, 3.63) is 23.8 Å². The summed E-state index contributed by atoms with van der Waals surface area (Å²) in [5.74, 6) is -0.414. The highest BCUT2D eigenvalue weighted by Crippen LogP contribution is 2.23. The van der Waals surface area contributed by atoms with Gasteiger partial charge in [0, 0.05) is 19.3 Å². The molecule has 1 aromatic carbocycles. The smallest absolute Gasteiger partial charge is 0.337 e. The van der Waals surface area contributed by atoms with Gasteiger partial charge >= 0.3 is 5.97 Å². The van der Waals surface area contributed by atoms with Crippen molar-refractivity contribution in [1.82, 2.24) is 0 Å². The molecule has 94 valence electrons. The van der Waals surface area contributed by atoms with Gasteiger partial charge in [0.25, 0.3) is 0 Å². The van der Waals surface area contributed by atoms with Gasteiger partial charge in [0.15, 0.2) is 0 Å². The molecule has 0 fully saturated rings. The molecule has 0 aromatic heterocycles. The maximum absolute atomic E-state index is 11.2. The van der Waals surface area contributed by atoms with Crippen molar-refractivity contribution in [2.75, 3.05) is 24.2 Å². The number of carbonyl (C=O) groups is 1. The first-order valence-electron chi connectivity index (χ1n) is 5.79. The van der Waals surface area contributed by atoms with E-state index in [0.717, 1.165) is 13.0 Å². The van der Waals surface area contributed by atoms with Crippen LogP contribution in [-0.2, 0) is 0 Å². The second-order valence-corrected chi connectivity index (χ2v) is 4.48. The molecule has 0 saturated carbocycles. The normalized spacial score (nSPS) is 12.2. The minimum absolute atomic E-state index is 0.260. The molecule has 0 heterocycles. The van der Waals surface area contributed by atoms with E-state index in [1.54, 1.807) is 12.1 Å². The van der Waals surface area contributed by atoms with E-state index in [9.17, 15) is 4.79 Å². The van der Waals surface area contributed by atoms with Crippen molar-refractivity contribution in [2.24, 2.45) is 5.92 Å². The lowest BCUT2D eigenvalue weighted by molar-refractivity contribution is 0.0697. The predicted molar refractivity (Wildman–Crippen MR) is 70.5 cm³/mol. The van der Waals surface area contributed by atoms with Gasteiger partial charge < -0.3 is 15.7 Å². The molecule has 0 bridgehead atoms. The molecular weight excluding hydrogens is 216 g/mol. The molecule has 0 spiro atoms. The summed E-state index contributed by atoms with van der Waals surface area (Å²) in [6, 6.07) is 5.00. The largest absolute Gasteiger partial charge is 0.478 e. The lowest BCUT2D eigenvalue weighted by atomic mass is 10.1. The number of nitrogens with two attached hydrogens (primary N) is 1. The molecule has 0 aliphatic carbocycles. The van der Waals surface area contributed by atoms with E-state index in [1.165, 1.54) is 6.07 Å². The van der Waals surface area contributed by atoms with Crippen LogP contribution < -0.4 is 10.6 Å². The molecule has 1 rings (SSSR count). The number of anilines is 2. The van der Waals surface area contributed by atoms with Crippen molar-refractivity contribution >= 4 is 17.3 Å². The molecule has 1 aromatic rings. The fraction of sp³-hybridized carbons (Fsp3) is 0.462. The molecular formula is C13H20N2O2. The highest BCUT2D eigenvalue weighted by atomic mass is 16.4. The molecule has 1 atom stereocenters. The van der Waals surface area contributed by atoms with E-state index in [-0.39, 0.29) is 5.56 Å². The molecule has 4 heteroatoms. The van der Waals surface area contributed by atoms with Crippen LogP contribution in [0.4, 0.5) is 11.4 Å². The third kappa shape index (κ3) is 3.37. The average molecular weight is 236 g/mol. The quantitative estimate of drug-likeness (QED) is 0.771. The SMILES string of the molecule is CCC(C)CN(C)c1ccc(N)cc1C(=O)O. The fourth-order valence-electron chi connectivity index (χ4n) is 1.75. The van der Waals surface area contributed by atoms with Gasteiger partial charge in [0.05, 0.1) is 11.3 Å². The first-order valence-corrected chi connectivity index (χ1v) is 5.79. The molecule has 0 amide bonds. The van der Waals surface area contributed by atoms with E-state index < -0.39 is 5.97 Å². The van der Waals surface area contributed by atoms with E-state index in [1.807, 2.05) is 11.9 Å². The summed E-state index contributed by atoms with van der Waals surface area (Å²) in [5.41, 5.74) is 7.06. The van der Waals surface area contributed by atoms with E-state index in [0.29, 0.717) is 17.3 Å². The molecule has 0 radical (unpaired) electrons. The first-order chi connectivity index (χ1) is 7.95. The number of nitrogens with zero attached hydrogens (tertiary/aromatic N) is 1. The van der Waals surface area contributed by atoms with Crippen LogP contribution in [0.2, 0.25) is 0 Å². The molecule has 17 heavy (non-hydrogen) atoms. The predicted octanol–water partition coefficient (Wildman–Crippen LogP) is 2.45. The van der Waals surface area contributed by atoms with Crippen molar-refractivity contribution in [1.29, 1.82) is 0 Å². The molecule has 1 unspecified atom stereocenters. The Bertz CT molecular complexity index is 404. The molecule has 0 saturated heterocycles. The van der Waals surface area contributed by atoms with Gasteiger partial charge in [-0.2, -0.15) is 0 Å². The molecule has 0 aliphatic rings. The van der Waals surface area contributed by atoms with Gasteiger partial charge in [-0.05, 0) is 24.1 Å². The van der Waals surface area contributed by atoms with Crippen LogP contribution in [-0.4, -0.2) is 24.7 Å². The second-order valence-electron chi connectivity index (χ2n) is 4.48. The van der Waals surface area contributed by atoms with Crippen LogP contribution in [0.5, 0.6) is 0 Å². The summed E-state index contributed by atoms with van der Waals surface area (Å²) < 4.78 is 0. The standard InChI is InChI=1S/C13H20N2O2/c1-4-9(2)8-15(3)12-6-5-10(14)7-11(12)13(16)17/h5-7,9H,4,8,14H2,1-3H3,(H,16,17). The van der Waals surface area contributed by atoms with Gasteiger partial charge in [-0.3, -0.25) is 0 Å². The van der Waals surface area contributed by atoms with E-state index in [2.05, 4.69) is 13.8 Å². The summed E-state index contributed by atoms with van der Waals surface area (Å²) in [6.45, 7) is 5.11. The zero-order valence-electron chi connectivity index (χ0n) is 10.6. The fourth-order valence-corrected chi connectivity index (χ4v) is 1.75. The number of rotatable bonds is 5. The summed E-state index contributed by atoms with van der Waals surface area (Å²) >= 11 is 0. The lowest BCUT2D eigenvalue weighted by Crippen LogP contribution is -2.25. The van der Waals surface area contributed by atoms with Crippen LogP contribution in [0.25, 0.3) is 0 Å². The summed E-state index contributed by atoms with van der Waals surface area (Å²) in [5, 5.41) is 9.15. The van der Waals surface area contributed by atoms with E-state index in [4.69, 9.17) is 10.8 Å². The van der Waals surface area contributed by atoms with Crippen molar-refractivity contribution < 1.29 is 9.90 Å². The number of carboxylic acid groups (broad SMARTS) is 1. The van der Waals surface area contributed by atoms with Gasteiger partial charge in [0.1, 0.15) is 0 Å². The Morgan fingerprint density at radius 1 is 1.53 bits per heavy atom. The zero-order valence-corrected chi connectivity index (χ0v) is 10.6. The number of aromatic carboxylic acids is 1. The number of hydrogen-bond acceptors (Lipinski definition) is 3. The Morgan fingerprint density at radius 3 is 2.71 bits per heavy atom. The summed E-state index contributed by atoms with van der Waals surface area (Å²) in [7, 11) is 1.91. The van der Waals surface area contributed by atoms with Crippen molar-refractivity contribution in [3.8, 4) is 0 Å². The highest BCUT2D eigenvalue weighted by molar-refractivity contribution is 5.95. The molecule has 0 aliphatic heterocycles. The lowest BCUT2D eigenvalue weighted by Gasteiger charge is -2.24. The van der Waals surface area contributed by atoms with Gasteiger partial charge in [-0.1, -0.05) is 20.3 Å². The first kappa shape index (κ1) is 13.4. The van der Waals surface area contributed by atoms with Gasteiger partial charge in [-0.15, -0.1) is 0 Å². The molecule has 4 nitrogen and oxygen atoms in total. The van der Waals surface area contributed by atoms with Crippen molar-refractivity contribution in [2.45, 2.75) is 20.3 Å². The van der Waals surface area contributed by atoms with E-state index >= 15 is 0 Å². The number of nitrogen functional groups attached to an aromatic ring is 1. The number of hydrogen-bond donors (Lipinski definition) is 2. The Morgan fingerprint density at radius 2 is 2.18 bits per heavy atom. The van der Waals surface area contributed by atoms with Crippen LogP contribution in [0.3, 0.4) is 0 Å². The Kier molecular flexibility index (Phi) is 4.37. The zero-order chi connectivity index (χ0) is 13.0. The summed E-state index contributed by atoms with van der Waals surface area (Å²) in [4.78, 5) is 13.1. The third-order valence-corrected chi connectivity index (χ3v) is 2.94. The van der Waals surface area contributed by atoms with Crippen LogP contribution in [0.1, 0.15) is 30.6 Å².